The third-order valence-corrected chi connectivity index (χ3v) is 9.00. The molecule has 1 aliphatic rings. The number of rotatable bonds is 17. The van der Waals surface area contributed by atoms with Crippen molar-refractivity contribution >= 4 is 5.69 Å². The molecule has 0 aliphatic heterocycles. The Kier molecular flexibility index (Phi) is 12.3. The van der Waals surface area contributed by atoms with Gasteiger partial charge in [0.1, 0.15) is 11.9 Å². The number of hydrogen-bond acceptors (Lipinski definition) is 7. The van der Waals surface area contributed by atoms with Gasteiger partial charge in [-0.15, -0.1) is 0 Å². The lowest BCUT2D eigenvalue weighted by molar-refractivity contribution is 0.0261. The van der Waals surface area contributed by atoms with E-state index in [2.05, 4.69) is 120 Å². The molecule has 7 heteroatoms. The summed E-state index contributed by atoms with van der Waals surface area (Å²) in [7, 11) is 0. The van der Waals surface area contributed by atoms with Crippen LogP contribution in [0.3, 0.4) is 0 Å². The minimum absolute atomic E-state index is 0.00512. The lowest BCUT2D eigenvalue weighted by Gasteiger charge is -2.43. The minimum atomic E-state index is 0.00512. The number of aromatic nitrogens is 2. The Morgan fingerprint density at radius 1 is 0.830 bits per heavy atom. The molecule has 0 radical (unpaired) electrons. The summed E-state index contributed by atoms with van der Waals surface area (Å²) in [5.41, 5.74) is 4.46. The van der Waals surface area contributed by atoms with Gasteiger partial charge in [0.05, 0.1) is 30.8 Å². The van der Waals surface area contributed by atoms with Crippen LogP contribution in [0.4, 0.5) is 5.69 Å². The van der Waals surface area contributed by atoms with Crippen LogP contribution in [0.2, 0.25) is 0 Å². The fraction of sp³-hybridized carbons (Fsp3) is 0.600. The highest BCUT2D eigenvalue weighted by atomic mass is 16.5. The van der Waals surface area contributed by atoms with Crippen molar-refractivity contribution in [1.82, 2.24) is 15.3 Å². The molecular formula is C40H60N4O3. The van der Waals surface area contributed by atoms with E-state index < -0.39 is 0 Å². The molecule has 1 saturated carbocycles. The van der Waals surface area contributed by atoms with Crippen LogP contribution in [0, 0.1) is 11.3 Å². The van der Waals surface area contributed by atoms with Gasteiger partial charge in [0, 0.05) is 48.5 Å². The van der Waals surface area contributed by atoms with Gasteiger partial charge in [-0.05, 0) is 98.7 Å². The molecule has 47 heavy (non-hydrogen) atoms. The molecule has 4 rings (SSSR count). The molecule has 2 heterocycles. The normalized spacial score (nSPS) is 17.7. The summed E-state index contributed by atoms with van der Waals surface area (Å²) in [6.45, 7) is 24.4. The summed E-state index contributed by atoms with van der Waals surface area (Å²) in [5, 5.41) is 7.37. The van der Waals surface area contributed by atoms with Gasteiger partial charge in [0.25, 0.3) is 0 Å². The maximum atomic E-state index is 6.13. The van der Waals surface area contributed by atoms with Gasteiger partial charge in [-0.25, -0.2) is 4.98 Å². The third kappa shape index (κ3) is 11.8. The highest BCUT2D eigenvalue weighted by Crippen LogP contribution is 2.33. The number of pyridine rings is 2. The fourth-order valence-corrected chi connectivity index (χ4v) is 6.20. The maximum Gasteiger partial charge on any atom is 0.213 e. The Morgan fingerprint density at radius 2 is 1.55 bits per heavy atom. The molecule has 7 nitrogen and oxygen atoms in total. The van der Waals surface area contributed by atoms with Crippen LogP contribution >= 0.6 is 0 Å². The summed E-state index contributed by atoms with van der Waals surface area (Å²) < 4.78 is 18.2. The van der Waals surface area contributed by atoms with E-state index in [0.29, 0.717) is 31.2 Å². The first-order valence-corrected chi connectivity index (χ1v) is 17.5. The van der Waals surface area contributed by atoms with E-state index in [1.807, 2.05) is 30.6 Å². The summed E-state index contributed by atoms with van der Waals surface area (Å²) in [6, 6.07) is 17.3. The molecule has 2 aromatic heterocycles. The van der Waals surface area contributed by atoms with Crippen molar-refractivity contribution in [1.29, 1.82) is 0 Å². The molecule has 1 aromatic carbocycles. The number of ether oxygens (including phenoxy) is 3. The number of anilines is 1. The van der Waals surface area contributed by atoms with Gasteiger partial charge in [-0.2, -0.15) is 0 Å². The van der Waals surface area contributed by atoms with Gasteiger partial charge in [-0.3, -0.25) is 4.98 Å². The highest BCUT2D eigenvalue weighted by molar-refractivity contribution is 5.62. The first-order chi connectivity index (χ1) is 22.1. The maximum absolute atomic E-state index is 6.13. The molecule has 3 aromatic rings. The van der Waals surface area contributed by atoms with Crippen molar-refractivity contribution in [2.45, 2.75) is 124 Å². The summed E-state index contributed by atoms with van der Waals surface area (Å²) in [5.74, 6) is 2.15. The molecule has 258 valence electrons. The van der Waals surface area contributed by atoms with E-state index in [4.69, 9.17) is 14.2 Å². The number of hydrogen-bond donors (Lipinski definition) is 2. The Hall–Kier alpha value is -3.16. The van der Waals surface area contributed by atoms with Crippen LogP contribution in [0.5, 0.6) is 11.6 Å². The van der Waals surface area contributed by atoms with Crippen LogP contribution in [0.25, 0.3) is 11.3 Å². The standard InChI is InChI=1S/C40H60N4O3/c1-28(2)29(3)43-32-15-18-36(41-25-32)30-12-16-34(17-13-30)46-21-11-20-45-27-39(7,8)26-40(9,10)44-33-22-35(23-33)47-37-19-14-31(24-42-37)38(4,5)6/h12-19,24-25,28-29,33,35,43-44H,11,20-23,26-27H2,1-10H3/t29-,33?,35?/m0/s1. The van der Waals surface area contributed by atoms with Crippen molar-refractivity contribution in [2.24, 2.45) is 11.3 Å². The van der Waals surface area contributed by atoms with Gasteiger partial charge in [-0.1, -0.05) is 54.5 Å². The van der Waals surface area contributed by atoms with E-state index >= 15 is 0 Å². The third-order valence-electron chi connectivity index (χ3n) is 9.00. The largest absolute Gasteiger partial charge is 0.494 e. The Morgan fingerprint density at radius 3 is 2.15 bits per heavy atom. The van der Waals surface area contributed by atoms with Crippen LogP contribution in [0.1, 0.15) is 100 Å². The molecule has 2 N–H and O–H groups in total. The van der Waals surface area contributed by atoms with E-state index in [-0.39, 0.29) is 22.5 Å². The smallest absolute Gasteiger partial charge is 0.213 e. The molecule has 1 atom stereocenters. The van der Waals surface area contributed by atoms with Gasteiger partial charge < -0.3 is 24.8 Å². The van der Waals surface area contributed by atoms with Crippen LogP contribution < -0.4 is 20.1 Å². The quantitative estimate of drug-likeness (QED) is 0.142. The summed E-state index contributed by atoms with van der Waals surface area (Å²) in [4.78, 5) is 9.18. The van der Waals surface area contributed by atoms with Crippen molar-refractivity contribution in [3.05, 3.63) is 66.5 Å². The first-order valence-electron chi connectivity index (χ1n) is 17.5. The average molecular weight is 645 g/mol. The predicted molar refractivity (Wildman–Crippen MR) is 195 cm³/mol. The highest BCUT2D eigenvalue weighted by Gasteiger charge is 2.37. The summed E-state index contributed by atoms with van der Waals surface area (Å²) in [6.07, 6.45) is 7.95. The zero-order chi connectivity index (χ0) is 34.2. The number of nitrogens with zero attached hydrogens (tertiary/aromatic N) is 2. The Bertz CT molecular complexity index is 1360. The molecule has 1 aliphatic carbocycles. The summed E-state index contributed by atoms with van der Waals surface area (Å²) >= 11 is 0. The lowest BCUT2D eigenvalue weighted by Crippen LogP contribution is -2.55. The van der Waals surface area contributed by atoms with E-state index in [1.165, 1.54) is 5.56 Å². The SMILES string of the molecule is CC(C)[C@H](C)Nc1ccc(-c2ccc(OCCCOCC(C)(C)CC(C)(C)NC3CC(Oc4ccc(C(C)(C)C)cn4)C3)cc2)nc1. The lowest BCUT2D eigenvalue weighted by atomic mass is 9.78. The van der Waals surface area contributed by atoms with Crippen molar-refractivity contribution < 1.29 is 14.2 Å². The van der Waals surface area contributed by atoms with E-state index in [0.717, 1.165) is 60.9 Å². The zero-order valence-corrected chi connectivity index (χ0v) is 30.7. The van der Waals surface area contributed by atoms with Crippen LogP contribution in [-0.2, 0) is 10.2 Å². The predicted octanol–water partition coefficient (Wildman–Crippen LogP) is 9.08. The van der Waals surface area contributed by atoms with Crippen molar-refractivity contribution in [3.63, 3.8) is 0 Å². The van der Waals surface area contributed by atoms with Crippen molar-refractivity contribution in [3.8, 4) is 22.9 Å². The minimum Gasteiger partial charge on any atom is -0.494 e. The topological polar surface area (TPSA) is 77.5 Å². The van der Waals surface area contributed by atoms with Gasteiger partial charge in [0.15, 0.2) is 0 Å². The first kappa shape index (κ1) is 36.7. The second-order valence-electron chi connectivity index (χ2n) is 16.3. The fourth-order valence-electron chi connectivity index (χ4n) is 6.20. The van der Waals surface area contributed by atoms with Crippen LogP contribution in [-0.4, -0.2) is 53.5 Å². The zero-order valence-electron chi connectivity index (χ0n) is 30.7. The Labute approximate surface area is 284 Å². The van der Waals surface area contributed by atoms with E-state index in [1.54, 1.807) is 0 Å². The van der Waals surface area contributed by atoms with E-state index in [9.17, 15) is 0 Å². The number of benzene rings is 1. The molecular weight excluding hydrogens is 584 g/mol. The Balaban J connectivity index is 1.09. The molecule has 0 unspecified atom stereocenters. The average Bonchev–Trinajstić information content (AvgIpc) is 2.97. The van der Waals surface area contributed by atoms with Crippen LogP contribution in [0.15, 0.2) is 60.9 Å². The monoisotopic (exact) mass is 644 g/mol. The van der Waals surface area contributed by atoms with Gasteiger partial charge in [0.2, 0.25) is 5.88 Å². The molecule has 0 spiro atoms. The van der Waals surface area contributed by atoms with Gasteiger partial charge >= 0.3 is 0 Å². The second-order valence-corrected chi connectivity index (χ2v) is 16.3. The van der Waals surface area contributed by atoms with Crippen molar-refractivity contribution in [2.75, 3.05) is 25.1 Å². The molecule has 1 fully saturated rings. The number of nitrogens with one attached hydrogen (secondary N) is 2. The molecule has 0 amide bonds. The molecule has 0 bridgehead atoms. The second kappa shape index (κ2) is 15.8. The molecule has 0 saturated heterocycles.